The highest BCUT2D eigenvalue weighted by atomic mass is 16.5. The summed E-state index contributed by atoms with van der Waals surface area (Å²) in [6.45, 7) is 11.7. The van der Waals surface area contributed by atoms with E-state index >= 15 is 0 Å². The van der Waals surface area contributed by atoms with Crippen LogP contribution < -0.4 is 0 Å². The van der Waals surface area contributed by atoms with Gasteiger partial charge in [-0.25, -0.2) is 0 Å². The van der Waals surface area contributed by atoms with E-state index in [9.17, 15) is 9.90 Å². The minimum atomic E-state index is -0.742. The smallest absolute Gasteiger partial charge is 0.293 e. The van der Waals surface area contributed by atoms with Crippen LogP contribution >= 0.6 is 0 Å². The lowest BCUT2D eigenvalue weighted by molar-refractivity contribution is -0.128. The number of ether oxygens (including phenoxy) is 2. The Hall–Kier alpha value is -1.65. The normalized spacial score (nSPS) is 26.0. The predicted molar refractivity (Wildman–Crippen MR) is 178 cm³/mol. The summed E-state index contributed by atoms with van der Waals surface area (Å²) in [5.74, 6) is 0.417. The van der Waals surface area contributed by atoms with Gasteiger partial charge in [0.1, 0.15) is 0 Å². The van der Waals surface area contributed by atoms with Crippen molar-refractivity contribution >= 4 is 6.47 Å². The molecule has 1 N–H and O–H groups in total. The quantitative estimate of drug-likeness (QED) is 0.0595. The molecule has 240 valence electrons. The van der Waals surface area contributed by atoms with E-state index in [1.165, 1.54) is 102 Å². The lowest BCUT2D eigenvalue weighted by atomic mass is 9.82. The molecule has 1 aliphatic carbocycles. The second-order valence-electron chi connectivity index (χ2n) is 13.7. The van der Waals surface area contributed by atoms with Crippen LogP contribution in [0.3, 0.4) is 0 Å². The SMILES string of the molecule is C=C1CC=CC(C)(O)CCC2CC(C=CC=C(C)C)(CCCCCCCCCCCCCCCCCCOC=O)OC12. The summed E-state index contributed by atoms with van der Waals surface area (Å²) in [7, 11) is 0. The third kappa shape index (κ3) is 15.7. The zero-order chi connectivity index (χ0) is 30.5. The van der Waals surface area contributed by atoms with E-state index in [-0.39, 0.29) is 11.7 Å². The van der Waals surface area contributed by atoms with Crippen LogP contribution in [0.5, 0.6) is 0 Å². The van der Waals surface area contributed by atoms with Crippen LogP contribution in [-0.4, -0.2) is 35.5 Å². The van der Waals surface area contributed by atoms with Crippen LogP contribution in [0.15, 0.2) is 48.1 Å². The minimum absolute atomic E-state index is 0.0837. The van der Waals surface area contributed by atoms with Gasteiger partial charge in [-0.3, -0.25) is 4.79 Å². The first-order valence-corrected chi connectivity index (χ1v) is 17.4. The molecule has 0 aromatic carbocycles. The highest BCUT2D eigenvalue weighted by molar-refractivity contribution is 5.36. The zero-order valence-electron chi connectivity index (χ0n) is 27.6. The average Bonchev–Trinajstić information content (AvgIpc) is 3.33. The Morgan fingerprint density at radius 3 is 2.05 bits per heavy atom. The van der Waals surface area contributed by atoms with Gasteiger partial charge in [-0.1, -0.05) is 139 Å². The van der Waals surface area contributed by atoms with E-state index in [1.807, 2.05) is 13.0 Å². The number of aliphatic hydroxyl groups is 1. The number of allylic oxidation sites excluding steroid dienone is 4. The Kier molecular flexibility index (Phi) is 18.4. The van der Waals surface area contributed by atoms with E-state index in [1.54, 1.807) is 0 Å². The molecule has 0 aromatic heterocycles. The van der Waals surface area contributed by atoms with E-state index in [4.69, 9.17) is 9.47 Å². The third-order valence-electron chi connectivity index (χ3n) is 9.19. The number of carbonyl (C=O) groups is 1. The van der Waals surface area contributed by atoms with Crippen molar-refractivity contribution in [3.05, 3.63) is 48.1 Å². The van der Waals surface area contributed by atoms with Crippen LogP contribution in [0.25, 0.3) is 0 Å². The molecule has 2 aliphatic rings. The largest absolute Gasteiger partial charge is 0.468 e. The topological polar surface area (TPSA) is 55.8 Å². The van der Waals surface area contributed by atoms with Crippen molar-refractivity contribution in [2.24, 2.45) is 5.92 Å². The molecule has 1 aliphatic heterocycles. The van der Waals surface area contributed by atoms with E-state index < -0.39 is 5.60 Å². The predicted octanol–water partition coefficient (Wildman–Crippen LogP) is 10.5. The highest BCUT2D eigenvalue weighted by Gasteiger charge is 2.45. The van der Waals surface area contributed by atoms with Crippen molar-refractivity contribution in [3.8, 4) is 0 Å². The van der Waals surface area contributed by atoms with Crippen molar-refractivity contribution in [1.29, 1.82) is 0 Å². The van der Waals surface area contributed by atoms with Crippen LogP contribution in [0.4, 0.5) is 0 Å². The lowest BCUT2D eigenvalue weighted by Gasteiger charge is -2.27. The standard InChI is InChI=1S/C38H64O4/c1-33(2)23-21-28-38(31-35-25-29-37(4,40)26-22-24-34(3)36(35)42-38)27-19-17-15-13-11-9-7-5-6-8-10-12-14-16-18-20-30-41-32-39/h21-23,26,28,32,35-36,40H,3,5-20,24-25,27,29-31H2,1-2,4H3. The van der Waals surface area contributed by atoms with E-state index in [0.717, 1.165) is 44.1 Å². The minimum Gasteiger partial charge on any atom is -0.468 e. The van der Waals surface area contributed by atoms with Gasteiger partial charge in [-0.2, -0.15) is 0 Å². The molecule has 4 heteroatoms. The van der Waals surface area contributed by atoms with Gasteiger partial charge in [0.05, 0.1) is 23.9 Å². The molecule has 0 spiro atoms. The number of rotatable bonds is 22. The Bertz CT molecular complexity index is 834. The van der Waals surface area contributed by atoms with Crippen LogP contribution in [0, 0.1) is 5.92 Å². The number of unbranched alkanes of at least 4 members (excludes halogenated alkanes) is 15. The first-order valence-electron chi connectivity index (χ1n) is 17.4. The fraction of sp³-hybridized carbons (Fsp3) is 0.763. The maximum atomic E-state index is 10.7. The average molecular weight is 585 g/mol. The molecule has 4 atom stereocenters. The van der Waals surface area contributed by atoms with Crippen LogP contribution in [-0.2, 0) is 14.3 Å². The molecule has 2 rings (SSSR count). The van der Waals surface area contributed by atoms with Crippen molar-refractivity contribution in [3.63, 3.8) is 0 Å². The Balaban J connectivity index is 1.61. The molecular weight excluding hydrogens is 520 g/mol. The van der Waals surface area contributed by atoms with Crippen molar-refractivity contribution in [1.82, 2.24) is 0 Å². The molecule has 1 heterocycles. The molecular formula is C38H64O4. The fourth-order valence-electron chi connectivity index (χ4n) is 6.66. The summed E-state index contributed by atoms with van der Waals surface area (Å²) in [6, 6.07) is 0. The summed E-state index contributed by atoms with van der Waals surface area (Å²) < 4.78 is 11.6. The first-order chi connectivity index (χ1) is 20.3. The Morgan fingerprint density at radius 2 is 1.50 bits per heavy atom. The van der Waals surface area contributed by atoms with Crippen LogP contribution in [0.2, 0.25) is 0 Å². The molecule has 1 saturated heterocycles. The molecule has 4 unspecified atom stereocenters. The monoisotopic (exact) mass is 584 g/mol. The van der Waals surface area contributed by atoms with Crippen molar-refractivity contribution in [2.45, 2.75) is 173 Å². The number of hydrogen-bond donors (Lipinski definition) is 1. The molecule has 0 aromatic rings. The lowest BCUT2D eigenvalue weighted by Crippen LogP contribution is -2.27. The molecule has 0 amide bonds. The molecule has 0 radical (unpaired) electrons. The molecule has 42 heavy (non-hydrogen) atoms. The Labute approximate surface area is 259 Å². The molecule has 0 bridgehead atoms. The maximum absolute atomic E-state index is 10.7. The van der Waals surface area contributed by atoms with E-state index in [2.05, 4.69) is 44.7 Å². The van der Waals surface area contributed by atoms with Crippen LogP contribution in [0.1, 0.15) is 156 Å². The van der Waals surface area contributed by atoms with Crippen molar-refractivity contribution in [2.75, 3.05) is 6.61 Å². The van der Waals surface area contributed by atoms with Gasteiger partial charge in [0.15, 0.2) is 0 Å². The van der Waals surface area contributed by atoms with Gasteiger partial charge in [0, 0.05) is 0 Å². The molecule has 4 nitrogen and oxygen atoms in total. The second kappa shape index (κ2) is 21.1. The highest BCUT2D eigenvalue weighted by Crippen LogP contribution is 2.46. The number of hydrogen-bond acceptors (Lipinski definition) is 4. The van der Waals surface area contributed by atoms with E-state index in [0.29, 0.717) is 19.0 Å². The summed E-state index contributed by atoms with van der Waals surface area (Å²) in [4.78, 5) is 10.1. The Morgan fingerprint density at radius 1 is 0.952 bits per heavy atom. The van der Waals surface area contributed by atoms with Gasteiger partial charge in [0.25, 0.3) is 6.47 Å². The second-order valence-corrected chi connectivity index (χ2v) is 13.7. The first kappa shape index (κ1) is 36.5. The number of fused-ring (bicyclic) bond motifs is 1. The van der Waals surface area contributed by atoms with Gasteiger partial charge in [0.2, 0.25) is 0 Å². The third-order valence-corrected chi connectivity index (χ3v) is 9.19. The maximum Gasteiger partial charge on any atom is 0.293 e. The van der Waals surface area contributed by atoms with Gasteiger partial charge in [-0.05, 0) is 70.8 Å². The zero-order valence-corrected chi connectivity index (χ0v) is 27.6. The summed E-state index contributed by atoms with van der Waals surface area (Å²) in [5.41, 5.74) is 1.50. The summed E-state index contributed by atoms with van der Waals surface area (Å²) in [6.07, 6.45) is 36.4. The molecule has 1 fully saturated rings. The van der Waals surface area contributed by atoms with Gasteiger partial charge < -0.3 is 14.6 Å². The fourth-order valence-corrected chi connectivity index (χ4v) is 6.66. The number of carbonyl (C=O) groups excluding carboxylic acids is 1. The van der Waals surface area contributed by atoms with Crippen molar-refractivity contribution < 1.29 is 19.4 Å². The van der Waals surface area contributed by atoms with Gasteiger partial charge in [-0.15, -0.1) is 0 Å². The summed E-state index contributed by atoms with van der Waals surface area (Å²) >= 11 is 0. The van der Waals surface area contributed by atoms with Gasteiger partial charge >= 0.3 is 0 Å². The molecule has 0 saturated carbocycles. The summed E-state index contributed by atoms with van der Waals surface area (Å²) in [5, 5.41) is 10.7.